The minimum atomic E-state index is -0.780. The maximum Gasteiger partial charge on any atom is 0.306 e. The van der Waals surface area contributed by atoms with Gasteiger partial charge < -0.3 is 14.7 Å². The number of carbonyl (C=O) groups excluding carboxylic acids is 2. The smallest absolute Gasteiger partial charge is 0.306 e. The minimum absolute atomic E-state index is 0.0887. The molecule has 2 aromatic rings. The number of hydrogen-bond donors (Lipinski definition) is 1. The minimum Gasteiger partial charge on any atom is -0.481 e. The molecule has 0 radical (unpaired) electrons. The lowest BCUT2D eigenvalue weighted by Crippen LogP contribution is -2.56. The molecule has 3 aliphatic carbocycles. The number of likely N-dealkylation sites (tertiary alicyclic amines) is 1. The molecule has 2 atom stereocenters. The van der Waals surface area contributed by atoms with Crippen molar-refractivity contribution in [3.63, 3.8) is 0 Å². The number of allylic oxidation sites excluding steroid dienone is 2. The summed E-state index contributed by atoms with van der Waals surface area (Å²) in [5.41, 5.74) is 5.00. The quantitative estimate of drug-likeness (QED) is 0.588. The molecule has 1 aromatic heterocycles. The maximum atomic E-state index is 14.1. The van der Waals surface area contributed by atoms with Gasteiger partial charge in [-0.2, -0.15) is 9.78 Å². The number of aromatic nitrogens is 2. The molecule has 2 heterocycles. The Hall–Kier alpha value is -2.97. The van der Waals surface area contributed by atoms with Gasteiger partial charge in [-0.1, -0.05) is 29.8 Å². The number of hydrogen-bond acceptors (Lipinski definition) is 5. The summed E-state index contributed by atoms with van der Waals surface area (Å²) in [5, 5.41) is 14.7. The summed E-state index contributed by atoms with van der Waals surface area (Å²) in [6.45, 7) is 1.20. The number of amides is 1. The van der Waals surface area contributed by atoms with Gasteiger partial charge in [0.2, 0.25) is 5.91 Å². The molecule has 2 fully saturated rings. The van der Waals surface area contributed by atoms with E-state index in [1.54, 1.807) is 13.2 Å². The van der Waals surface area contributed by atoms with Gasteiger partial charge in [0.25, 0.3) is 5.91 Å². The molecule has 4 aliphatic rings. The zero-order valence-electron chi connectivity index (χ0n) is 21.5. The number of nitrogens with zero attached hydrogens (tertiary/aromatic N) is 3. The van der Waals surface area contributed by atoms with Crippen molar-refractivity contribution < 1.29 is 24.2 Å². The lowest BCUT2D eigenvalue weighted by Gasteiger charge is -2.40. The first-order valence-electron chi connectivity index (χ1n) is 13.5. The summed E-state index contributed by atoms with van der Waals surface area (Å²) in [4.78, 5) is 40.7. The Kier molecular flexibility index (Phi) is 6.64. The fraction of sp³-hybridized carbons (Fsp3) is 0.517. The van der Waals surface area contributed by atoms with Crippen LogP contribution in [-0.2, 0) is 27.2 Å². The Balaban J connectivity index is 1.37. The Bertz CT molecular complexity index is 1340. The third-order valence-corrected chi connectivity index (χ3v) is 8.96. The Morgan fingerprint density at radius 1 is 1.08 bits per heavy atom. The number of ether oxygens (including phenoxy) is 1. The second-order valence-electron chi connectivity index (χ2n) is 11.0. The van der Waals surface area contributed by atoms with Crippen molar-refractivity contribution in [1.82, 2.24) is 14.7 Å². The molecule has 1 N–H and O–H groups in total. The highest BCUT2D eigenvalue weighted by molar-refractivity contribution is 6.34. The third kappa shape index (κ3) is 4.47. The zero-order chi connectivity index (χ0) is 26.6. The van der Waals surface area contributed by atoms with Crippen LogP contribution in [0.2, 0.25) is 5.02 Å². The number of methoxy groups -OCH3 is 1. The topological polar surface area (TPSA) is 102 Å². The molecular formula is C29H32ClN3O5. The molecule has 1 amide bonds. The second-order valence-corrected chi connectivity index (χ2v) is 11.5. The average molecular weight is 538 g/mol. The molecule has 200 valence electrons. The van der Waals surface area contributed by atoms with E-state index in [1.807, 2.05) is 23.1 Å². The first-order chi connectivity index (χ1) is 18.4. The molecule has 38 heavy (non-hydrogen) atoms. The van der Waals surface area contributed by atoms with Crippen molar-refractivity contribution in [2.24, 2.45) is 11.8 Å². The van der Waals surface area contributed by atoms with Crippen LogP contribution in [0, 0.1) is 11.8 Å². The van der Waals surface area contributed by atoms with Gasteiger partial charge in [-0.15, -0.1) is 0 Å². The predicted molar refractivity (Wildman–Crippen MR) is 141 cm³/mol. The second kappa shape index (κ2) is 9.97. The summed E-state index contributed by atoms with van der Waals surface area (Å²) >= 11 is 6.60. The van der Waals surface area contributed by atoms with Crippen molar-refractivity contribution in [2.45, 2.75) is 63.4 Å². The van der Waals surface area contributed by atoms with E-state index in [4.69, 9.17) is 21.4 Å². The van der Waals surface area contributed by atoms with E-state index < -0.39 is 11.9 Å². The standard InChI is InChI=1S/C29H32ClN3O5/c1-38-20-14-32(15-20)27(34)19-11-12-22-24(13-19)33(31-26(22)17-7-9-18(10-8-17)29(36)37)28(35)25-21(16-5-6-16)3-2-4-23(25)30/h2-4,7,16,18-20H,5-6,8-15H2,1H3,(H,36,37). The normalized spacial score (nSPS) is 23.4. The van der Waals surface area contributed by atoms with Gasteiger partial charge in [0, 0.05) is 38.1 Å². The molecule has 2 unspecified atom stereocenters. The number of carboxylic acids is 1. The molecule has 1 aromatic carbocycles. The highest BCUT2D eigenvalue weighted by atomic mass is 35.5. The summed E-state index contributed by atoms with van der Waals surface area (Å²) in [5.74, 6) is -1.21. The molecule has 0 bridgehead atoms. The SMILES string of the molecule is COC1CN(C(=O)C2CCc3c(C4=CCC(C(=O)O)CC4)nn(C(=O)c4c(Cl)cccc4C4CC4)c3C2)C1. The fourth-order valence-corrected chi connectivity index (χ4v) is 6.42. The van der Waals surface area contributed by atoms with E-state index in [0.717, 1.165) is 40.9 Å². The van der Waals surface area contributed by atoms with Gasteiger partial charge in [0.15, 0.2) is 0 Å². The van der Waals surface area contributed by atoms with Gasteiger partial charge >= 0.3 is 5.97 Å². The number of rotatable bonds is 6. The first kappa shape index (κ1) is 25.3. The largest absolute Gasteiger partial charge is 0.481 e. The number of aliphatic carboxylic acids is 1. The highest BCUT2D eigenvalue weighted by Gasteiger charge is 2.39. The Morgan fingerprint density at radius 3 is 2.50 bits per heavy atom. The monoisotopic (exact) mass is 537 g/mol. The van der Waals surface area contributed by atoms with Gasteiger partial charge in [-0.25, -0.2) is 0 Å². The van der Waals surface area contributed by atoms with Crippen molar-refractivity contribution >= 4 is 35.0 Å². The van der Waals surface area contributed by atoms with E-state index in [1.165, 1.54) is 4.68 Å². The number of carboxylic acid groups (broad SMARTS) is 1. The third-order valence-electron chi connectivity index (χ3n) is 8.65. The fourth-order valence-electron chi connectivity index (χ4n) is 6.15. The summed E-state index contributed by atoms with van der Waals surface area (Å²) in [6.07, 6.45) is 7.50. The number of halogens is 1. The van der Waals surface area contributed by atoms with Crippen LogP contribution in [0.15, 0.2) is 24.3 Å². The maximum absolute atomic E-state index is 14.1. The first-order valence-corrected chi connectivity index (χ1v) is 13.9. The van der Waals surface area contributed by atoms with Gasteiger partial charge in [-0.3, -0.25) is 14.4 Å². The highest BCUT2D eigenvalue weighted by Crippen LogP contribution is 2.44. The van der Waals surface area contributed by atoms with E-state index in [9.17, 15) is 19.5 Å². The molecule has 1 saturated carbocycles. The van der Waals surface area contributed by atoms with E-state index >= 15 is 0 Å². The predicted octanol–water partition coefficient (Wildman–Crippen LogP) is 4.33. The summed E-state index contributed by atoms with van der Waals surface area (Å²) < 4.78 is 6.84. The lowest BCUT2D eigenvalue weighted by atomic mass is 9.82. The van der Waals surface area contributed by atoms with E-state index in [2.05, 4.69) is 0 Å². The van der Waals surface area contributed by atoms with E-state index in [-0.39, 0.29) is 23.8 Å². The van der Waals surface area contributed by atoms with Crippen LogP contribution in [0.25, 0.3) is 5.57 Å². The molecule has 6 rings (SSSR count). The van der Waals surface area contributed by atoms with Crippen LogP contribution in [0.3, 0.4) is 0 Å². The number of fused-ring (bicyclic) bond motifs is 1. The van der Waals surface area contributed by atoms with Crippen LogP contribution < -0.4 is 0 Å². The number of carbonyl (C=O) groups is 3. The molecule has 8 nitrogen and oxygen atoms in total. The Morgan fingerprint density at radius 2 is 1.84 bits per heavy atom. The van der Waals surface area contributed by atoms with Crippen molar-refractivity contribution in [3.8, 4) is 0 Å². The summed E-state index contributed by atoms with van der Waals surface area (Å²) in [6, 6.07) is 5.61. The van der Waals surface area contributed by atoms with Crippen LogP contribution in [-0.4, -0.2) is 63.9 Å². The summed E-state index contributed by atoms with van der Waals surface area (Å²) in [7, 11) is 1.66. The molecule has 1 aliphatic heterocycles. The van der Waals surface area contributed by atoms with Gasteiger partial charge in [-0.05, 0) is 68.1 Å². The average Bonchev–Trinajstić information content (AvgIpc) is 3.67. The van der Waals surface area contributed by atoms with Crippen molar-refractivity contribution in [3.05, 3.63) is 57.4 Å². The van der Waals surface area contributed by atoms with E-state index in [0.29, 0.717) is 68.1 Å². The lowest BCUT2D eigenvalue weighted by molar-refractivity contribution is -0.147. The number of benzene rings is 1. The van der Waals surface area contributed by atoms with Crippen LogP contribution in [0.1, 0.15) is 77.3 Å². The zero-order valence-corrected chi connectivity index (χ0v) is 22.2. The van der Waals surface area contributed by atoms with Crippen LogP contribution >= 0.6 is 11.6 Å². The van der Waals surface area contributed by atoms with Gasteiger partial charge in [0.1, 0.15) is 0 Å². The van der Waals surface area contributed by atoms with Gasteiger partial charge in [0.05, 0.1) is 34.0 Å². The molecular weight excluding hydrogens is 506 g/mol. The molecule has 9 heteroatoms. The Labute approximate surface area is 226 Å². The molecule has 1 saturated heterocycles. The molecule has 0 spiro atoms. The van der Waals surface area contributed by atoms with Crippen molar-refractivity contribution in [2.75, 3.05) is 20.2 Å². The van der Waals surface area contributed by atoms with Crippen LogP contribution in [0.5, 0.6) is 0 Å². The van der Waals surface area contributed by atoms with Crippen LogP contribution in [0.4, 0.5) is 0 Å². The van der Waals surface area contributed by atoms with Crippen molar-refractivity contribution in [1.29, 1.82) is 0 Å².